The number of carbonyl (C=O) groups excluding carboxylic acids is 1. The third-order valence-electron chi connectivity index (χ3n) is 5.61. The number of fused-ring (bicyclic) bond motifs is 1. The highest BCUT2D eigenvalue weighted by molar-refractivity contribution is 5.80. The van der Waals surface area contributed by atoms with Crippen LogP contribution in [-0.4, -0.2) is 62.7 Å². The first-order valence-corrected chi connectivity index (χ1v) is 8.78. The van der Waals surface area contributed by atoms with Crippen molar-refractivity contribution >= 4 is 11.9 Å². The van der Waals surface area contributed by atoms with Crippen molar-refractivity contribution in [2.45, 2.75) is 13.5 Å². The lowest BCUT2D eigenvalue weighted by atomic mass is 9.81. The van der Waals surface area contributed by atoms with Crippen molar-refractivity contribution in [3.63, 3.8) is 0 Å². The van der Waals surface area contributed by atoms with E-state index in [1.54, 1.807) is 4.90 Å². The zero-order valence-corrected chi connectivity index (χ0v) is 14.7. The fourth-order valence-corrected chi connectivity index (χ4v) is 4.25. The monoisotopic (exact) mass is 354 g/mol. The Labute approximate surface area is 151 Å². The molecule has 0 radical (unpaired) electrons. The molecule has 2 aliphatic rings. The summed E-state index contributed by atoms with van der Waals surface area (Å²) >= 11 is 0. The third-order valence-corrected chi connectivity index (χ3v) is 5.61. The molecule has 7 heteroatoms. The summed E-state index contributed by atoms with van der Waals surface area (Å²) in [4.78, 5) is 27.5. The molecule has 2 aliphatic heterocycles. The summed E-state index contributed by atoms with van der Waals surface area (Å²) in [5.41, 5.74) is 1.20. The average molecular weight is 354 g/mol. The molecule has 2 saturated heterocycles. The first-order valence-electron chi connectivity index (χ1n) is 8.78. The van der Waals surface area contributed by atoms with Crippen LogP contribution in [0.2, 0.25) is 0 Å². The fourth-order valence-electron chi connectivity index (χ4n) is 4.25. The van der Waals surface area contributed by atoms with Crippen LogP contribution in [0.1, 0.15) is 12.5 Å². The molecule has 0 bridgehead atoms. The first-order chi connectivity index (χ1) is 12.5. The van der Waals surface area contributed by atoms with Crippen molar-refractivity contribution in [1.82, 2.24) is 19.6 Å². The second-order valence-electron chi connectivity index (χ2n) is 7.36. The lowest BCUT2D eigenvalue weighted by Crippen LogP contribution is -2.41. The molecule has 0 aliphatic carbocycles. The van der Waals surface area contributed by atoms with E-state index in [-0.39, 0.29) is 11.8 Å². The van der Waals surface area contributed by atoms with Crippen molar-refractivity contribution in [3.05, 3.63) is 48.3 Å². The van der Waals surface area contributed by atoms with Crippen LogP contribution < -0.4 is 0 Å². The molecule has 7 nitrogen and oxygen atoms in total. The molecule has 3 heterocycles. The van der Waals surface area contributed by atoms with Crippen LogP contribution in [0.15, 0.2) is 42.7 Å². The Bertz CT molecular complexity index is 834. The van der Waals surface area contributed by atoms with Gasteiger partial charge in [0.05, 0.1) is 11.9 Å². The maximum atomic E-state index is 12.0. The summed E-state index contributed by atoms with van der Waals surface area (Å²) in [5.74, 6) is -0.863. The van der Waals surface area contributed by atoms with Gasteiger partial charge in [-0.15, -0.1) is 0 Å². The molecular weight excluding hydrogens is 332 g/mol. The predicted molar refractivity (Wildman–Crippen MR) is 94.7 cm³/mol. The van der Waals surface area contributed by atoms with E-state index in [4.69, 9.17) is 0 Å². The molecule has 1 N–H and O–H groups in total. The van der Waals surface area contributed by atoms with Crippen LogP contribution in [0.5, 0.6) is 0 Å². The van der Waals surface area contributed by atoms with E-state index in [1.165, 1.54) is 6.92 Å². The molecule has 0 spiro atoms. The minimum atomic E-state index is -0.846. The van der Waals surface area contributed by atoms with Gasteiger partial charge >= 0.3 is 5.97 Å². The molecule has 0 unspecified atom stereocenters. The summed E-state index contributed by atoms with van der Waals surface area (Å²) in [5, 5.41) is 14.2. The average Bonchev–Trinajstić information content (AvgIpc) is 3.28. The lowest BCUT2D eigenvalue weighted by molar-refractivity contribution is -0.149. The number of carbonyl (C=O) groups is 2. The Morgan fingerprint density at radius 3 is 2.65 bits per heavy atom. The number of para-hydroxylation sites is 1. The number of nitrogens with zero attached hydrogens (tertiary/aromatic N) is 4. The van der Waals surface area contributed by atoms with Crippen LogP contribution in [-0.2, 0) is 16.1 Å². The van der Waals surface area contributed by atoms with Gasteiger partial charge in [0, 0.05) is 57.3 Å². The highest BCUT2D eigenvalue weighted by Gasteiger charge is 2.58. The number of benzene rings is 1. The summed E-state index contributed by atoms with van der Waals surface area (Å²) in [6, 6.07) is 9.89. The van der Waals surface area contributed by atoms with Crippen molar-refractivity contribution in [3.8, 4) is 5.69 Å². The van der Waals surface area contributed by atoms with Crippen LogP contribution in [0, 0.1) is 11.3 Å². The molecule has 26 heavy (non-hydrogen) atoms. The van der Waals surface area contributed by atoms with Gasteiger partial charge in [-0.25, -0.2) is 4.68 Å². The molecule has 4 rings (SSSR count). The van der Waals surface area contributed by atoms with E-state index in [0.29, 0.717) is 32.7 Å². The number of carboxylic acid groups (broad SMARTS) is 1. The second kappa shape index (κ2) is 6.25. The zero-order chi connectivity index (χ0) is 18.3. The number of hydrogen-bond acceptors (Lipinski definition) is 4. The Kier molecular flexibility index (Phi) is 4.03. The quantitative estimate of drug-likeness (QED) is 0.894. The summed E-state index contributed by atoms with van der Waals surface area (Å²) in [6.45, 7) is 4.16. The van der Waals surface area contributed by atoms with E-state index in [1.807, 2.05) is 47.4 Å². The van der Waals surface area contributed by atoms with Gasteiger partial charge in [-0.2, -0.15) is 5.10 Å². The Morgan fingerprint density at radius 2 is 2.00 bits per heavy atom. The van der Waals surface area contributed by atoms with Gasteiger partial charge in [0.1, 0.15) is 5.41 Å². The molecule has 1 aromatic heterocycles. The molecule has 136 valence electrons. The lowest BCUT2D eigenvalue weighted by Gasteiger charge is -2.24. The molecule has 0 saturated carbocycles. The van der Waals surface area contributed by atoms with E-state index >= 15 is 0 Å². The summed E-state index contributed by atoms with van der Waals surface area (Å²) in [6.07, 6.45) is 3.81. The number of amides is 1. The SMILES string of the molecule is CC(=O)N1C[C@H]2CN(Cc3cnn(-c4ccccc4)c3)C[C@@]2(C(=O)O)C1. The van der Waals surface area contributed by atoms with Gasteiger partial charge in [-0.1, -0.05) is 18.2 Å². The van der Waals surface area contributed by atoms with Gasteiger partial charge in [0.15, 0.2) is 0 Å². The standard InChI is InChI=1S/C19H22N4O3/c1-14(24)22-11-16-10-21(12-19(16,13-22)18(25)26)8-15-7-20-23(9-15)17-5-3-2-4-6-17/h2-7,9,16H,8,10-13H2,1H3,(H,25,26)/t16-,19-/m1/s1. The minimum Gasteiger partial charge on any atom is -0.481 e. The molecule has 1 aromatic carbocycles. The maximum Gasteiger partial charge on any atom is 0.313 e. The maximum absolute atomic E-state index is 12.0. The number of aliphatic carboxylic acids is 1. The molecule has 2 fully saturated rings. The van der Waals surface area contributed by atoms with Crippen LogP contribution in [0.3, 0.4) is 0 Å². The van der Waals surface area contributed by atoms with E-state index < -0.39 is 11.4 Å². The molecule has 2 aromatic rings. The normalized spacial score (nSPS) is 25.4. The van der Waals surface area contributed by atoms with Gasteiger partial charge < -0.3 is 10.0 Å². The first kappa shape index (κ1) is 16.8. The molecule has 1 amide bonds. The Morgan fingerprint density at radius 1 is 1.23 bits per heavy atom. The Balaban J connectivity index is 1.48. The van der Waals surface area contributed by atoms with Crippen molar-refractivity contribution in [2.24, 2.45) is 11.3 Å². The van der Waals surface area contributed by atoms with E-state index in [0.717, 1.165) is 11.3 Å². The highest BCUT2D eigenvalue weighted by atomic mass is 16.4. The fraction of sp³-hybridized carbons (Fsp3) is 0.421. The van der Waals surface area contributed by atoms with E-state index in [2.05, 4.69) is 10.00 Å². The number of rotatable bonds is 4. The number of likely N-dealkylation sites (tertiary alicyclic amines) is 2. The molecule has 2 atom stereocenters. The van der Waals surface area contributed by atoms with Gasteiger partial charge in [-0.05, 0) is 12.1 Å². The summed E-state index contributed by atoms with van der Waals surface area (Å²) in [7, 11) is 0. The van der Waals surface area contributed by atoms with Gasteiger partial charge in [-0.3, -0.25) is 14.5 Å². The van der Waals surface area contributed by atoms with E-state index in [9.17, 15) is 14.7 Å². The van der Waals surface area contributed by atoms with Gasteiger partial charge in [0.2, 0.25) is 5.91 Å². The zero-order valence-electron chi connectivity index (χ0n) is 14.7. The number of aromatic nitrogens is 2. The largest absolute Gasteiger partial charge is 0.481 e. The van der Waals surface area contributed by atoms with Gasteiger partial charge in [0.25, 0.3) is 0 Å². The predicted octanol–water partition coefficient (Wildman–Crippen LogP) is 1.24. The third kappa shape index (κ3) is 2.78. The Hall–Kier alpha value is -2.67. The molecular formula is C19H22N4O3. The minimum absolute atomic E-state index is 0.0203. The number of carboxylic acids is 1. The smallest absolute Gasteiger partial charge is 0.313 e. The van der Waals surface area contributed by atoms with Crippen LogP contribution in [0.25, 0.3) is 5.69 Å². The summed E-state index contributed by atoms with van der Waals surface area (Å²) < 4.78 is 1.83. The van der Waals surface area contributed by atoms with Crippen molar-refractivity contribution in [1.29, 1.82) is 0 Å². The van der Waals surface area contributed by atoms with Crippen LogP contribution >= 0.6 is 0 Å². The number of hydrogen-bond donors (Lipinski definition) is 1. The highest BCUT2D eigenvalue weighted by Crippen LogP contribution is 2.43. The van der Waals surface area contributed by atoms with Crippen molar-refractivity contribution < 1.29 is 14.7 Å². The second-order valence-corrected chi connectivity index (χ2v) is 7.36. The topological polar surface area (TPSA) is 78.7 Å². The van der Waals surface area contributed by atoms with Crippen LogP contribution in [0.4, 0.5) is 0 Å². The van der Waals surface area contributed by atoms with Crippen molar-refractivity contribution in [2.75, 3.05) is 26.2 Å².